The first-order valence-corrected chi connectivity index (χ1v) is 8.97. The molecule has 2 heterocycles. The van der Waals surface area contributed by atoms with E-state index in [-0.39, 0.29) is 16.8 Å². The predicted molar refractivity (Wildman–Crippen MR) is 99.7 cm³/mol. The predicted octanol–water partition coefficient (Wildman–Crippen LogP) is 2.53. The zero-order valence-electron chi connectivity index (χ0n) is 14.5. The number of nitrogens with one attached hydrogen (secondary N) is 1. The number of hydrogen-bond acceptors (Lipinski definition) is 8. The fourth-order valence-electron chi connectivity index (χ4n) is 2.73. The molecular weight excluding hydrogens is 374 g/mol. The zero-order chi connectivity index (χ0) is 19.4. The number of nitro benzene ring substituents is 1. The maximum Gasteiger partial charge on any atom is 0.340 e. The Balaban J connectivity index is 1.85. The number of esters is 1. The molecule has 2 aromatic rings. The number of ether oxygens (including phenoxy) is 2. The summed E-state index contributed by atoms with van der Waals surface area (Å²) in [5.74, 6) is -1.11. The Morgan fingerprint density at radius 3 is 2.70 bits per heavy atom. The topological polar surface area (TPSA) is 111 Å². The monoisotopic (exact) mass is 391 g/mol. The van der Waals surface area contributed by atoms with Gasteiger partial charge in [-0.25, -0.2) is 4.79 Å². The number of morpholine rings is 1. The Kier molecular flexibility index (Phi) is 5.67. The number of methoxy groups -OCH3 is 1. The van der Waals surface area contributed by atoms with Crippen molar-refractivity contribution < 1.29 is 24.0 Å². The van der Waals surface area contributed by atoms with Crippen molar-refractivity contribution in [1.82, 2.24) is 0 Å². The molecule has 1 aromatic heterocycles. The van der Waals surface area contributed by atoms with Crippen molar-refractivity contribution in [3.05, 3.63) is 50.9 Å². The molecule has 1 aromatic carbocycles. The van der Waals surface area contributed by atoms with Crippen molar-refractivity contribution in [1.29, 1.82) is 0 Å². The molecule has 1 saturated heterocycles. The number of nitrogens with zero attached hydrogens (tertiary/aromatic N) is 2. The Morgan fingerprint density at radius 2 is 2.04 bits per heavy atom. The van der Waals surface area contributed by atoms with Crippen molar-refractivity contribution >= 4 is 39.6 Å². The summed E-state index contributed by atoms with van der Waals surface area (Å²) < 4.78 is 9.94. The normalized spacial score (nSPS) is 13.9. The van der Waals surface area contributed by atoms with Crippen LogP contribution < -0.4 is 10.2 Å². The summed E-state index contributed by atoms with van der Waals surface area (Å²) in [5, 5.41) is 16.1. The van der Waals surface area contributed by atoms with Crippen LogP contribution in [-0.4, -0.2) is 50.2 Å². The van der Waals surface area contributed by atoms with E-state index in [1.807, 2.05) is 4.90 Å². The number of thiophene rings is 1. The fraction of sp³-hybridized carbons (Fsp3) is 0.294. The van der Waals surface area contributed by atoms with E-state index < -0.39 is 16.8 Å². The highest BCUT2D eigenvalue weighted by molar-refractivity contribution is 7.14. The lowest BCUT2D eigenvalue weighted by Crippen LogP contribution is -2.36. The summed E-state index contributed by atoms with van der Waals surface area (Å²) >= 11 is 1.16. The number of anilines is 2. The van der Waals surface area contributed by atoms with Gasteiger partial charge < -0.3 is 19.7 Å². The number of nitro groups is 1. The van der Waals surface area contributed by atoms with Gasteiger partial charge in [0.2, 0.25) is 0 Å². The third-order valence-corrected chi connectivity index (χ3v) is 4.91. The molecular formula is C17H17N3O6S. The summed E-state index contributed by atoms with van der Waals surface area (Å²) in [6, 6.07) is 5.87. The van der Waals surface area contributed by atoms with Crippen LogP contribution in [0, 0.1) is 10.1 Å². The minimum absolute atomic E-state index is 0.128. The highest BCUT2D eigenvalue weighted by Gasteiger charge is 2.24. The summed E-state index contributed by atoms with van der Waals surface area (Å²) in [5.41, 5.74) is 0.661. The first kappa shape index (κ1) is 18.8. The van der Waals surface area contributed by atoms with Crippen LogP contribution >= 0.6 is 11.3 Å². The molecule has 0 bridgehead atoms. The van der Waals surface area contributed by atoms with E-state index in [1.54, 1.807) is 11.4 Å². The van der Waals surface area contributed by atoms with Crippen LogP contribution in [0.2, 0.25) is 0 Å². The van der Waals surface area contributed by atoms with Gasteiger partial charge in [0.05, 0.1) is 30.8 Å². The molecule has 1 amide bonds. The molecule has 142 valence electrons. The number of benzene rings is 1. The first-order valence-electron chi connectivity index (χ1n) is 8.09. The highest BCUT2D eigenvalue weighted by Crippen LogP contribution is 2.31. The second-order valence-corrected chi connectivity index (χ2v) is 6.59. The quantitative estimate of drug-likeness (QED) is 0.474. The van der Waals surface area contributed by atoms with Crippen molar-refractivity contribution in [3.8, 4) is 0 Å². The lowest BCUT2D eigenvalue weighted by molar-refractivity contribution is -0.384. The fourth-order valence-corrected chi connectivity index (χ4v) is 3.50. The zero-order valence-corrected chi connectivity index (χ0v) is 15.3. The van der Waals surface area contributed by atoms with Crippen LogP contribution in [0.5, 0.6) is 0 Å². The Morgan fingerprint density at radius 1 is 1.30 bits per heavy atom. The molecule has 10 heteroatoms. The lowest BCUT2D eigenvalue weighted by Gasteiger charge is -2.28. The first-order chi connectivity index (χ1) is 13.0. The third-order valence-electron chi connectivity index (χ3n) is 4.08. The second kappa shape index (κ2) is 8.14. The average molecular weight is 391 g/mol. The average Bonchev–Trinajstić information content (AvgIpc) is 3.15. The van der Waals surface area contributed by atoms with E-state index in [9.17, 15) is 19.7 Å². The molecule has 27 heavy (non-hydrogen) atoms. The summed E-state index contributed by atoms with van der Waals surface area (Å²) in [6.07, 6.45) is 0. The molecule has 0 aliphatic carbocycles. The van der Waals surface area contributed by atoms with E-state index >= 15 is 0 Å². The number of hydrogen-bond donors (Lipinski definition) is 1. The smallest absolute Gasteiger partial charge is 0.340 e. The highest BCUT2D eigenvalue weighted by atomic mass is 32.1. The maximum atomic E-state index is 12.5. The Labute approximate surface area is 158 Å². The van der Waals surface area contributed by atoms with Gasteiger partial charge >= 0.3 is 5.97 Å². The van der Waals surface area contributed by atoms with E-state index in [1.165, 1.54) is 25.3 Å². The van der Waals surface area contributed by atoms with E-state index in [0.29, 0.717) is 37.0 Å². The number of amides is 1. The van der Waals surface area contributed by atoms with Gasteiger partial charge in [0.15, 0.2) is 0 Å². The van der Waals surface area contributed by atoms with Gasteiger partial charge in [-0.3, -0.25) is 14.9 Å². The van der Waals surface area contributed by atoms with Crippen LogP contribution in [0.3, 0.4) is 0 Å². The van der Waals surface area contributed by atoms with Gasteiger partial charge in [-0.2, -0.15) is 0 Å². The molecule has 1 aliphatic heterocycles. The molecule has 1 fully saturated rings. The summed E-state index contributed by atoms with van der Waals surface area (Å²) in [6.45, 7) is 2.08. The Bertz CT molecular complexity index is 875. The standard InChI is InChI=1S/C17H17N3O6S/c1-25-17(22)12-4-9-27-16(12)18-15(21)11-2-3-13(14(10-11)20(23)24)19-5-7-26-8-6-19/h2-4,9-10H,5-8H2,1H3,(H,18,21). The van der Waals surface area contributed by atoms with Crippen molar-refractivity contribution in [2.24, 2.45) is 0 Å². The molecule has 3 rings (SSSR count). The van der Waals surface area contributed by atoms with Crippen molar-refractivity contribution in [2.45, 2.75) is 0 Å². The molecule has 0 saturated carbocycles. The number of carbonyl (C=O) groups is 2. The number of rotatable bonds is 5. The summed E-state index contributed by atoms with van der Waals surface area (Å²) in [7, 11) is 1.25. The van der Waals surface area contributed by atoms with Crippen LogP contribution in [0.4, 0.5) is 16.4 Å². The molecule has 0 radical (unpaired) electrons. The van der Waals surface area contributed by atoms with Gasteiger partial charge in [0, 0.05) is 24.7 Å². The van der Waals surface area contributed by atoms with Crippen LogP contribution in [0.15, 0.2) is 29.6 Å². The molecule has 1 N–H and O–H groups in total. The van der Waals surface area contributed by atoms with Crippen molar-refractivity contribution in [3.63, 3.8) is 0 Å². The van der Waals surface area contributed by atoms with Gasteiger partial charge in [-0.05, 0) is 23.6 Å². The van der Waals surface area contributed by atoms with E-state index in [0.717, 1.165) is 11.3 Å². The molecule has 0 spiro atoms. The van der Waals surface area contributed by atoms with Gasteiger partial charge in [0.25, 0.3) is 11.6 Å². The minimum atomic E-state index is -0.569. The Hall–Kier alpha value is -2.98. The second-order valence-electron chi connectivity index (χ2n) is 5.67. The van der Waals surface area contributed by atoms with E-state index in [4.69, 9.17) is 4.74 Å². The number of carbonyl (C=O) groups excluding carboxylic acids is 2. The lowest BCUT2D eigenvalue weighted by atomic mass is 10.1. The van der Waals surface area contributed by atoms with Crippen LogP contribution in [0.1, 0.15) is 20.7 Å². The van der Waals surface area contributed by atoms with Gasteiger partial charge in [-0.1, -0.05) is 0 Å². The van der Waals surface area contributed by atoms with Crippen LogP contribution in [-0.2, 0) is 9.47 Å². The maximum absolute atomic E-state index is 12.5. The van der Waals surface area contributed by atoms with Gasteiger partial charge in [-0.15, -0.1) is 11.3 Å². The largest absolute Gasteiger partial charge is 0.465 e. The molecule has 0 unspecified atom stereocenters. The third kappa shape index (κ3) is 4.07. The summed E-state index contributed by atoms with van der Waals surface area (Å²) in [4.78, 5) is 37.1. The minimum Gasteiger partial charge on any atom is -0.465 e. The molecule has 9 nitrogen and oxygen atoms in total. The van der Waals surface area contributed by atoms with Gasteiger partial charge in [0.1, 0.15) is 10.7 Å². The van der Waals surface area contributed by atoms with Crippen molar-refractivity contribution in [2.75, 3.05) is 43.6 Å². The molecule has 1 aliphatic rings. The van der Waals surface area contributed by atoms with Crippen LogP contribution in [0.25, 0.3) is 0 Å². The van der Waals surface area contributed by atoms with E-state index in [2.05, 4.69) is 10.1 Å². The SMILES string of the molecule is COC(=O)c1ccsc1NC(=O)c1ccc(N2CCOCC2)c([N+](=O)[O-])c1. The molecule has 0 atom stereocenters.